The van der Waals surface area contributed by atoms with Crippen molar-refractivity contribution in [2.75, 3.05) is 12.4 Å². The van der Waals surface area contributed by atoms with Crippen LogP contribution in [0.3, 0.4) is 0 Å². The van der Waals surface area contributed by atoms with Crippen molar-refractivity contribution in [3.05, 3.63) is 24.3 Å². The van der Waals surface area contributed by atoms with Crippen LogP contribution >= 0.6 is 0 Å². The van der Waals surface area contributed by atoms with Crippen molar-refractivity contribution in [2.45, 2.75) is 39.2 Å². The molecule has 0 radical (unpaired) electrons. The Morgan fingerprint density at radius 1 is 1.00 bits per heavy atom. The maximum absolute atomic E-state index is 10.0. The lowest BCUT2D eigenvalue weighted by atomic mass is 9.63. The molecule has 0 aliphatic heterocycles. The first kappa shape index (κ1) is 20.1. The zero-order chi connectivity index (χ0) is 20.1. The van der Waals surface area contributed by atoms with Crippen LogP contribution in [-0.4, -0.2) is 13.2 Å². The first-order valence-electron chi connectivity index (χ1n) is 9.10. The number of rotatable bonds is 6. The molecule has 0 bridgehead atoms. The molecule has 0 saturated heterocycles. The minimum atomic E-state index is -1.78. The molecule has 6 nitrogen and oxygen atoms in total. The van der Waals surface area contributed by atoms with E-state index in [-0.39, 0.29) is 11.8 Å². The van der Waals surface area contributed by atoms with Gasteiger partial charge in [0, 0.05) is 0 Å². The molecule has 6 heteroatoms. The fourth-order valence-electron chi connectivity index (χ4n) is 4.53. The number of hydrogen-bond donors (Lipinski definition) is 1. The molecule has 1 aliphatic rings. The van der Waals surface area contributed by atoms with Crippen LogP contribution in [-0.2, 0) is 0 Å². The molecule has 3 unspecified atom stereocenters. The van der Waals surface area contributed by atoms with Crippen molar-refractivity contribution in [3.8, 4) is 30.0 Å². The third-order valence-electron chi connectivity index (χ3n) is 5.78. The minimum absolute atomic E-state index is 0.173. The smallest absolute Gasteiger partial charge is 0.195 e. The summed E-state index contributed by atoms with van der Waals surface area (Å²) >= 11 is 0. The molecular formula is C21H23N5O. The van der Waals surface area contributed by atoms with Gasteiger partial charge in [0.2, 0.25) is 0 Å². The summed E-state index contributed by atoms with van der Waals surface area (Å²) in [4.78, 5) is 0. The number of nitrogens with zero attached hydrogens (tertiary/aromatic N) is 4. The highest BCUT2D eigenvalue weighted by molar-refractivity contribution is 5.59. The minimum Gasteiger partial charge on any atom is -0.495 e. The predicted octanol–water partition coefficient (Wildman–Crippen LogP) is 4.00. The van der Waals surface area contributed by atoms with Gasteiger partial charge in [-0.1, -0.05) is 38.8 Å². The highest BCUT2D eigenvalue weighted by atomic mass is 16.5. The van der Waals surface area contributed by atoms with E-state index in [0.29, 0.717) is 24.3 Å². The maximum atomic E-state index is 10.0. The van der Waals surface area contributed by atoms with E-state index in [1.54, 1.807) is 19.2 Å². The second-order valence-corrected chi connectivity index (χ2v) is 6.85. The third kappa shape index (κ3) is 2.75. The summed E-state index contributed by atoms with van der Waals surface area (Å²) in [5.74, 6) is 0.0399. The highest BCUT2D eigenvalue weighted by Gasteiger charge is 2.71. The Hall–Kier alpha value is -3.22. The van der Waals surface area contributed by atoms with Gasteiger partial charge in [-0.3, -0.25) is 0 Å². The molecule has 1 aromatic carbocycles. The molecular weight excluding hydrogens is 338 g/mol. The predicted molar refractivity (Wildman–Crippen MR) is 99.9 cm³/mol. The van der Waals surface area contributed by atoms with E-state index in [4.69, 9.17) is 4.74 Å². The zero-order valence-corrected chi connectivity index (χ0v) is 15.9. The lowest BCUT2D eigenvalue weighted by Crippen LogP contribution is -2.45. The number of para-hydroxylation sites is 2. The Labute approximate surface area is 160 Å². The Morgan fingerprint density at radius 2 is 1.59 bits per heavy atom. The number of hydrogen-bond acceptors (Lipinski definition) is 6. The third-order valence-corrected chi connectivity index (χ3v) is 5.78. The second kappa shape index (κ2) is 7.99. The molecule has 138 valence electrons. The van der Waals surface area contributed by atoms with Crippen molar-refractivity contribution >= 4 is 5.69 Å². The van der Waals surface area contributed by atoms with Gasteiger partial charge in [0.15, 0.2) is 10.8 Å². The highest BCUT2D eigenvalue weighted by Crippen LogP contribution is 2.61. The Morgan fingerprint density at radius 3 is 2.07 bits per heavy atom. The molecule has 1 aliphatic carbocycles. The summed E-state index contributed by atoms with van der Waals surface area (Å²) in [7, 11) is 1.54. The molecule has 1 aromatic rings. The van der Waals surface area contributed by atoms with Gasteiger partial charge in [-0.15, -0.1) is 0 Å². The molecule has 3 atom stereocenters. The number of anilines is 1. The van der Waals surface area contributed by atoms with Crippen LogP contribution in [0.25, 0.3) is 0 Å². The van der Waals surface area contributed by atoms with Crippen LogP contribution < -0.4 is 10.1 Å². The van der Waals surface area contributed by atoms with E-state index in [0.717, 1.165) is 6.42 Å². The number of benzene rings is 1. The Balaban J connectivity index is 2.70. The van der Waals surface area contributed by atoms with Crippen molar-refractivity contribution in [3.63, 3.8) is 0 Å². The number of methoxy groups -OCH3 is 1. The van der Waals surface area contributed by atoms with Crippen LogP contribution in [0, 0.1) is 68.0 Å². The molecule has 0 heterocycles. The topological polar surface area (TPSA) is 116 Å². The van der Waals surface area contributed by atoms with E-state index in [9.17, 15) is 21.0 Å². The van der Waals surface area contributed by atoms with E-state index in [2.05, 4.69) is 29.6 Å². The van der Waals surface area contributed by atoms with Crippen molar-refractivity contribution in [2.24, 2.45) is 22.7 Å². The Bertz CT molecular complexity index is 823. The Kier molecular flexibility index (Phi) is 5.95. The van der Waals surface area contributed by atoms with E-state index in [1.165, 1.54) is 0 Å². The first-order chi connectivity index (χ1) is 13.0. The summed E-state index contributed by atoms with van der Waals surface area (Å²) in [5.41, 5.74) is -2.83. The van der Waals surface area contributed by atoms with E-state index >= 15 is 0 Å². The number of nitriles is 4. The fraction of sp³-hybridized carbons (Fsp3) is 0.524. The molecule has 27 heavy (non-hydrogen) atoms. The largest absolute Gasteiger partial charge is 0.495 e. The van der Waals surface area contributed by atoms with Gasteiger partial charge in [-0.05, 0) is 30.4 Å². The van der Waals surface area contributed by atoms with Gasteiger partial charge >= 0.3 is 0 Å². The van der Waals surface area contributed by atoms with Crippen molar-refractivity contribution in [1.82, 2.24) is 0 Å². The SMILES string of the molecule is CCCC1C(CC)C(Nc2ccccc2OC)C(C#N)(C#N)C1(C#N)C#N. The maximum Gasteiger partial charge on any atom is 0.195 e. The van der Waals surface area contributed by atoms with Gasteiger partial charge in [0.05, 0.1) is 43.1 Å². The first-order valence-corrected chi connectivity index (χ1v) is 9.10. The van der Waals surface area contributed by atoms with Crippen molar-refractivity contribution in [1.29, 1.82) is 21.0 Å². The lowest BCUT2D eigenvalue weighted by molar-refractivity contribution is 0.238. The summed E-state index contributed by atoms with van der Waals surface area (Å²) in [5, 5.41) is 43.3. The summed E-state index contributed by atoms with van der Waals surface area (Å²) in [6.45, 7) is 3.95. The van der Waals surface area contributed by atoms with Gasteiger partial charge in [0.1, 0.15) is 5.75 Å². The molecule has 0 spiro atoms. The molecule has 0 amide bonds. The summed E-state index contributed by atoms with van der Waals surface area (Å²) in [6, 6.07) is 14.9. The van der Waals surface area contributed by atoms with Crippen LogP contribution in [0.2, 0.25) is 0 Å². The van der Waals surface area contributed by atoms with Gasteiger partial charge in [-0.2, -0.15) is 21.0 Å². The summed E-state index contributed by atoms with van der Waals surface area (Å²) in [6.07, 6.45) is 2.02. The number of nitrogens with one attached hydrogen (secondary N) is 1. The average Bonchev–Trinajstić information content (AvgIpc) is 2.93. The molecule has 2 rings (SSSR count). The van der Waals surface area contributed by atoms with Crippen LogP contribution in [0.15, 0.2) is 24.3 Å². The second-order valence-electron chi connectivity index (χ2n) is 6.85. The van der Waals surface area contributed by atoms with Crippen LogP contribution in [0.4, 0.5) is 5.69 Å². The molecule has 1 N–H and O–H groups in total. The van der Waals surface area contributed by atoms with Gasteiger partial charge in [0.25, 0.3) is 0 Å². The zero-order valence-electron chi connectivity index (χ0n) is 15.9. The van der Waals surface area contributed by atoms with Gasteiger partial charge < -0.3 is 10.1 Å². The van der Waals surface area contributed by atoms with Gasteiger partial charge in [-0.25, -0.2) is 0 Å². The normalized spacial score (nSPS) is 24.6. The lowest BCUT2D eigenvalue weighted by Gasteiger charge is -2.31. The van der Waals surface area contributed by atoms with E-state index in [1.807, 2.05) is 26.0 Å². The van der Waals surface area contributed by atoms with Crippen LogP contribution in [0.5, 0.6) is 5.75 Å². The van der Waals surface area contributed by atoms with Crippen LogP contribution in [0.1, 0.15) is 33.1 Å². The monoisotopic (exact) mass is 361 g/mol. The molecule has 1 fully saturated rings. The summed E-state index contributed by atoms with van der Waals surface area (Å²) < 4.78 is 5.38. The average molecular weight is 361 g/mol. The standard InChI is InChI=1S/C21H23N5O/c1-4-8-16-15(5-2)19(26-17-9-6-7-10-18(17)27-3)21(13-24,14-25)20(16,11-22)12-23/h6-7,9-10,15-16,19,26H,4-5,8H2,1-3H3. The molecule has 1 saturated carbocycles. The number of ether oxygens (including phenoxy) is 1. The van der Waals surface area contributed by atoms with Crippen molar-refractivity contribution < 1.29 is 4.74 Å². The quantitative estimate of drug-likeness (QED) is 0.818. The molecule has 0 aromatic heterocycles. The van der Waals surface area contributed by atoms with E-state index < -0.39 is 16.9 Å². The fourth-order valence-corrected chi connectivity index (χ4v) is 4.53.